The molecule has 1 unspecified atom stereocenters. The third-order valence-electron chi connectivity index (χ3n) is 6.66. The molecule has 1 aliphatic rings. The molecule has 4 N–H and O–H groups in total. The Kier molecular flexibility index (Phi) is 8.66. The maximum absolute atomic E-state index is 13.7. The third kappa shape index (κ3) is 7.04. The second kappa shape index (κ2) is 12.3. The third-order valence-corrected chi connectivity index (χ3v) is 6.66. The topological polar surface area (TPSA) is 109 Å². The van der Waals surface area contributed by atoms with Gasteiger partial charge in [-0.1, -0.05) is 66.2 Å². The summed E-state index contributed by atoms with van der Waals surface area (Å²) in [4.78, 5) is 32.2. The number of carbonyl (C=O) groups is 2. The van der Waals surface area contributed by atoms with Gasteiger partial charge in [-0.25, -0.2) is 9.79 Å². The molecule has 4 rings (SSSR count). The summed E-state index contributed by atoms with van der Waals surface area (Å²) < 4.78 is 5.18. The predicted octanol–water partition coefficient (Wildman–Crippen LogP) is 5.01. The number of hydrogen-bond acceptors (Lipinski definition) is 5. The maximum atomic E-state index is 13.7. The minimum absolute atomic E-state index is 0.0983. The SMILES string of the molecule is C=C(C)CC1(CCc2ccccc2)N=C(N)N(Cc2ccc(CNC(=O)Nc3cccc(OC)c3)cc2)C1=O. The molecule has 1 heterocycles. The number of ether oxygens (including phenoxy) is 1. The van der Waals surface area contributed by atoms with Gasteiger partial charge in [-0.05, 0) is 48.6 Å². The number of aryl methyl sites for hydroxylation is 1. The molecule has 0 radical (unpaired) electrons. The summed E-state index contributed by atoms with van der Waals surface area (Å²) in [6, 6.07) is 24.6. The molecule has 0 aliphatic carbocycles. The van der Waals surface area contributed by atoms with Crippen molar-refractivity contribution in [1.82, 2.24) is 10.2 Å². The van der Waals surface area contributed by atoms with Crippen molar-refractivity contribution in [2.24, 2.45) is 10.7 Å². The highest BCUT2D eigenvalue weighted by Crippen LogP contribution is 2.34. The predicted molar refractivity (Wildman–Crippen MR) is 154 cm³/mol. The minimum Gasteiger partial charge on any atom is -0.497 e. The van der Waals surface area contributed by atoms with Crippen LogP contribution in [0, 0.1) is 0 Å². The lowest BCUT2D eigenvalue weighted by Gasteiger charge is -2.26. The number of nitrogens with zero attached hydrogens (tertiary/aromatic N) is 2. The first kappa shape index (κ1) is 27.4. The average Bonchev–Trinajstić information content (AvgIpc) is 3.16. The van der Waals surface area contributed by atoms with Crippen LogP contribution in [0.3, 0.4) is 0 Å². The van der Waals surface area contributed by atoms with Crippen molar-refractivity contribution in [2.45, 2.75) is 44.8 Å². The Morgan fingerprint density at radius 1 is 1.03 bits per heavy atom. The average molecular weight is 526 g/mol. The smallest absolute Gasteiger partial charge is 0.319 e. The van der Waals surface area contributed by atoms with Crippen LogP contribution in [0.15, 0.2) is 96.0 Å². The molecule has 0 saturated carbocycles. The lowest BCUT2D eigenvalue weighted by molar-refractivity contribution is -0.131. The first-order valence-corrected chi connectivity index (χ1v) is 12.9. The quantitative estimate of drug-likeness (QED) is 0.306. The highest BCUT2D eigenvalue weighted by atomic mass is 16.5. The lowest BCUT2D eigenvalue weighted by Crippen LogP contribution is -2.44. The lowest BCUT2D eigenvalue weighted by atomic mass is 9.85. The number of methoxy groups -OCH3 is 1. The van der Waals surface area contributed by atoms with Gasteiger partial charge in [-0.15, -0.1) is 6.58 Å². The number of carbonyl (C=O) groups excluding carboxylic acids is 2. The molecular formula is C31H35N5O3. The Hall–Kier alpha value is -4.59. The molecule has 1 aliphatic heterocycles. The summed E-state index contributed by atoms with van der Waals surface area (Å²) >= 11 is 0. The number of rotatable bonds is 11. The highest BCUT2D eigenvalue weighted by molar-refractivity contribution is 6.06. The molecule has 3 aromatic rings. The van der Waals surface area contributed by atoms with Crippen molar-refractivity contribution in [3.8, 4) is 5.75 Å². The standard InChI is InChI=1S/C31H35N5O3/c1-22(2)19-31(17-16-23-8-5-4-6-9-23)28(37)36(29(32)35-31)21-25-14-12-24(13-15-25)20-33-30(38)34-26-10-7-11-27(18-26)39-3/h4-15,18H,1,16-17,19-21H2,2-3H3,(H2,32,35)(H2,33,34,38). The summed E-state index contributed by atoms with van der Waals surface area (Å²) in [6.45, 7) is 6.62. The van der Waals surface area contributed by atoms with Crippen molar-refractivity contribution in [2.75, 3.05) is 12.4 Å². The number of guanidine groups is 1. The van der Waals surface area contributed by atoms with E-state index in [1.165, 1.54) is 0 Å². The molecule has 202 valence electrons. The summed E-state index contributed by atoms with van der Waals surface area (Å²) in [5.74, 6) is 0.798. The summed E-state index contributed by atoms with van der Waals surface area (Å²) in [5, 5.41) is 5.64. The molecule has 8 nitrogen and oxygen atoms in total. The van der Waals surface area contributed by atoms with Crippen molar-refractivity contribution in [3.05, 3.63) is 108 Å². The largest absolute Gasteiger partial charge is 0.497 e. The molecule has 0 saturated heterocycles. The van der Waals surface area contributed by atoms with Crippen LogP contribution in [0.25, 0.3) is 0 Å². The Balaban J connectivity index is 1.35. The molecule has 8 heteroatoms. The molecule has 0 spiro atoms. The van der Waals surface area contributed by atoms with E-state index >= 15 is 0 Å². The summed E-state index contributed by atoms with van der Waals surface area (Å²) in [6.07, 6.45) is 1.73. The van der Waals surface area contributed by atoms with E-state index < -0.39 is 5.54 Å². The van der Waals surface area contributed by atoms with Crippen LogP contribution in [-0.2, 0) is 24.3 Å². The fourth-order valence-corrected chi connectivity index (χ4v) is 4.70. The van der Waals surface area contributed by atoms with Gasteiger partial charge in [-0.2, -0.15) is 0 Å². The second-order valence-electron chi connectivity index (χ2n) is 9.87. The van der Waals surface area contributed by atoms with Crippen LogP contribution in [0.4, 0.5) is 10.5 Å². The van der Waals surface area contributed by atoms with Crippen LogP contribution in [-0.4, -0.2) is 35.4 Å². The highest BCUT2D eigenvalue weighted by Gasteiger charge is 2.47. The van der Waals surface area contributed by atoms with Gasteiger partial charge < -0.3 is 21.1 Å². The number of nitrogens with two attached hydrogens (primary N) is 1. The van der Waals surface area contributed by atoms with Gasteiger partial charge in [0, 0.05) is 24.7 Å². The van der Waals surface area contributed by atoms with E-state index in [-0.39, 0.29) is 17.9 Å². The second-order valence-corrected chi connectivity index (χ2v) is 9.87. The van der Waals surface area contributed by atoms with Crippen molar-refractivity contribution >= 4 is 23.6 Å². The zero-order chi connectivity index (χ0) is 27.8. The summed E-state index contributed by atoms with van der Waals surface area (Å²) in [5.41, 5.74) is 9.88. The van der Waals surface area contributed by atoms with E-state index in [0.29, 0.717) is 37.4 Å². The van der Waals surface area contributed by atoms with Crippen LogP contribution < -0.4 is 21.1 Å². The first-order valence-electron chi connectivity index (χ1n) is 12.9. The van der Waals surface area contributed by atoms with Gasteiger partial charge in [-0.3, -0.25) is 9.69 Å². The molecule has 0 aromatic heterocycles. The van der Waals surface area contributed by atoms with Crippen LogP contribution >= 0.6 is 0 Å². The van der Waals surface area contributed by atoms with Crippen LogP contribution in [0.5, 0.6) is 5.75 Å². The van der Waals surface area contributed by atoms with E-state index in [4.69, 9.17) is 15.5 Å². The molecular weight excluding hydrogens is 490 g/mol. The molecule has 0 fully saturated rings. The number of anilines is 1. The number of urea groups is 1. The Bertz CT molecular complexity index is 1350. The fraction of sp³-hybridized carbons (Fsp3) is 0.258. The molecule has 3 amide bonds. The molecule has 1 atom stereocenters. The molecule has 3 aromatic carbocycles. The van der Waals surface area contributed by atoms with E-state index in [0.717, 1.165) is 28.7 Å². The maximum Gasteiger partial charge on any atom is 0.319 e. The normalized spacial score (nSPS) is 16.5. The van der Waals surface area contributed by atoms with Crippen LogP contribution in [0.2, 0.25) is 0 Å². The number of benzene rings is 3. The molecule has 39 heavy (non-hydrogen) atoms. The Morgan fingerprint density at radius 2 is 1.74 bits per heavy atom. The number of aliphatic imine (C=N–C) groups is 1. The minimum atomic E-state index is -0.939. The zero-order valence-electron chi connectivity index (χ0n) is 22.4. The number of amides is 3. The van der Waals surface area contributed by atoms with E-state index in [9.17, 15) is 9.59 Å². The first-order chi connectivity index (χ1) is 18.8. The van der Waals surface area contributed by atoms with E-state index in [2.05, 4.69) is 29.3 Å². The van der Waals surface area contributed by atoms with Crippen molar-refractivity contribution in [1.29, 1.82) is 0 Å². The monoisotopic (exact) mass is 525 g/mol. The van der Waals surface area contributed by atoms with Gasteiger partial charge >= 0.3 is 6.03 Å². The Labute approximate surface area is 229 Å². The summed E-state index contributed by atoms with van der Waals surface area (Å²) in [7, 11) is 1.58. The fourth-order valence-electron chi connectivity index (χ4n) is 4.70. The Morgan fingerprint density at radius 3 is 2.44 bits per heavy atom. The van der Waals surface area contributed by atoms with Gasteiger partial charge in [0.25, 0.3) is 5.91 Å². The van der Waals surface area contributed by atoms with Gasteiger partial charge in [0.1, 0.15) is 11.3 Å². The number of hydrogen-bond donors (Lipinski definition) is 3. The van der Waals surface area contributed by atoms with Crippen LogP contribution in [0.1, 0.15) is 36.5 Å². The van der Waals surface area contributed by atoms with Gasteiger partial charge in [0.2, 0.25) is 0 Å². The van der Waals surface area contributed by atoms with E-state index in [1.807, 2.05) is 61.5 Å². The molecule has 0 bridgehead atoms. The van der Waals surface area contributed by atoms with E-state index in [1.54, 1.807) is 24.1 Å². The van der Waals surface area contributed by atoms with Gasteiger partial charge in [0.05, 0.1) is 13.7 Å². The zero-order valence-corrected chi connectivity index (χ0v) is 22.4. The number of nitrogens with one attached hydrogen (secondary N) is 2. The van der Waals surface area contributed by atoms with Crippen molar-refractivity contribution in [3.63, 3.8) is 0 Å². The van der Waals surface area contributed by atoms with Gasteiger partial charge in [0.15, 0.2) is 5.96 Å². The van der Waals surface area contributed by atoms with Crippen molar-refractivity contribution < 1.29 is 14.3 Å².